The molecule has 0 amide bonds. The largest absolute Gasteiger partial charge is 0.496 e. The molecular formula is C4H7NO2P+. The average Bonchev–Trinajstić information content (AvgIpc) is 1.68. The molecule has 0 saturated heterocycles. The molecule has 0 radical (unpaired) electrons. The Morgan fingerprint density at radius 1 is 1.75 bits per heavy atom. The Morgan fingerprint density at radius 3 is 2.75 bits per heavy atom. The number of isocyanates is 1. The maximum Gasteiger partial charge on any atom is 0.496 e. The van der Waals surface area contributed by atoms with Crippen LogP contribution < -0.4 is 0 Å². The summed E-state index contributed by atoms with van der Waals surface area (Å²) in [5.74, 6) is 0. The molecule has 0 N–H and O–H groups in total. The van der Waals surface area contributed by atoms with Crippen LogP contribution >= 0.6 is 7.95 Å². The van der Waals surface area contributed by atoms with Gasteiger partial charge in [-0.25, -0.2) is 4.79 Å². The molecule has 0 aliphatic heterocycles. The Hall–Kier alpha value is -0.520. The number of hydrogen-bond donors (Lipinski definition) is 0. The highest BCUT2D eigenvalue weighted by Crippen LogP contribution is 2.20. The van der Waals surface area contributed by atoms with Crippen molar-refractivity contribution in [2.24, 2.45) is 4.76 Å². The molecule has 0 aromatic rings. The molecule has 3 nitrogen and oxygen atoms in total. The van der Waals surface area contributed by atoms with E-state index in [1.54, 1.807) is 0 Å². The van der Waals surface area contributed by atoms with Gasteiger partial charge in [-0.3, -0.25) is 0 Å². The Morgan fingerprint density at radius 2 is 2.38 bits per heavy atom. The van der Waals surface area contributed by atoms with Gasteiger partial charge in [0.2, 0.25) is 0 Å². The minimum Gasteiger partial charge on any atom is -0.207 e. The zero-order chi connectivity index (χ0) is 6.41. The van der Waals surface area contributed by atoms with Crippen LogP contribution in [0.5, 0.6) is 0 Å². The van der Waals surface area contributed by atoms with E-state index < -0.39 is 7.95 Å². The molecule has 8 heavy (non-hydrogen) atoms. The molecule has 0 aromatic carbocycles. The highest BCUT2D eigenvalue weighted by molar-refractivity contribution is 7.43. The molecule has 0 bridgehead atoms. The van der Waals surface area contributed by atoms with E-state index in [0.717, 1.165) is 6.42 Å². The van der Waals surface area contributed by atoms with Gasteiger partial charge in [0.1, 0.15) is 0 Å². The predicted molar refractivity (Wildman–Crippen MR) is 30.9 cm³/mol. The van der Waals surface area contributed by atoms with Crippen molar-refractivity contribution in [1.82, 2.24) is 0 Å². The van der Waals surface area contributed by atoms with Gasteiger partial charge in [-0.05, 0) is 11.0 Å². The van der Waals surface area contributed by atoms with Crippen molar-refractivity contribution in [3.8, 4) is 0 Å². The van der Waals surface area contributed by atoms with E-state index in [1.165, 1.54) is 6.08 Å². The van der Waals surface area contributed by atoms with E-state index in [-0.39, 0.29) is 0 Å². The standard InChI is InChI=1S/C4H7NO2P/c1-2-3-8(7)5-4-6/h2-3H2,1H3/q+1. The molecule has 0 rings (SSSR count). The monoisotopic (exact) mass is 132 g/mol. The fourth-order valence-electron chi connectivity index (χ4n) is 0.287. The SMILES string of the molecule is CCC[P+](=O)N=C=O. The fourth-order valence-corrected chi connectivity index (χ4v) is 0.860. The second-order valence-electron chi connectivity index (χ2n) is 1.27. The summed E-state index contributed by atoms with van der Waals surface area (Å²) in [6, 6.07) is 0. The van der Waals surface area contributed by atoms with Crippen LogP contribution in [0.2, 0.25) is 0 Å². The zero-order valence-corrected chi connectivity index (χ0v) is 5.52. The first-order chi connectivity index (χ1) is 3.81. The van der Waals surface area contributed by atoms with Crippen molar-refractivity contribution >= 4 is 14.0 Å². The molecule has 0 heterocycles. The van der Waals surface area contributed by atoms with Gasteiger partial charge >= 0.3 is 7.95 Å². The molecule has 0 aliphatic rings. The molecule has 1 unspecified atom stereocenters. The lowest BCUT2D eigenvalue weighted by molar-refractivity contribution is 0.564. The quantitative estimate of drug-likeness (QED) is 0.331. The van der Waals surface area contributed by atoms with E-state index in [9.17, 15) is 9.36 Å². The van der Waals surface area contributed by atoms with Crippen molar-refractivity contribution in [1.29, 1.82) is 0 Å². The van der Waals surface area contributed by atoms with E-state index in [0.29, 0.717) is 6.16 Å². The Bertz CT molecular complexity index is 128. The Kier molecular flexibility index (Phi) is 4.33. The summed E-state index contributed by atoms with van der Waals surface area (Å²) in [4.78, 5) is 9.41. The van der Waals surface area contributed by atoms with Crippen molar-refractivity contribution in [2.75, 3.05) is 6.16 Å². The number of nitrogens with zero attached hydrogens (tertiary/aromatic N) is 1. The molecule has 4 heteroatoms. The normalized spacial score (nSPS) is 9.88. The third kappa shape index (κ3) is 3.66. The van der Waals surface area contributed by atoms with Gasteiger partial charge in [0.15, 0.2) is 6.16 Å². The number of hydrogen-bond acceptors (Lipinski definition) is 2. The van der Waals surface area contributed by atoms with Gasteiger partial charge in [-0.1, -0.05) is 6.92 Å². The third-order valence-corrected chi connectivity index (χ3v) is 1.70. The summed E-state index contributed by atoms with van der Waals surface area (Å²) in [7, 11) is -1.63. The third-order valence-electron chi connectivity index (χ3n) is 0.567. The molecule has 0 aliphatic carbocycles. The highest BCUT2D eigenvalue weighted by atomic mass is 31.1. The van der Waals surface area contributed by atoms with Crippen molar-refractivity contribution in [3.05, 3.63) is 0 Å². The maximum atomic E-state index is 10.4. The molecule has 0 spiro atoms. The van der Waals surface area contributed by atoms with Crippen molar-refractivity contribution in [2.45, 2.75) is 13.3 Å². The van der Waals surface area contributed by atoms with Crippen LogP contribution in [-0.4, -0.2) is 12.2 Å². The maximum absolute atomic E-state index is 10.4. The topological polar surface area (TPSA) is 46.5 Å². The van der Waals surface area contributed by atoms with Crippen LogP contribution in [-0.2, 0) is 9.36 Å². The minimum absolute atomic E-state index is 0.491. The van der Waals surface area contributed by atoms with E-state index >= 15 is 0 Å². The van der Waals surface area contributed by atoms with E-state index in [4.69, 9.17) is 0 Å². The van der Waals surface area contributed by atoms with Crippen LogP contribution in [0.15, 0.2) is 4.76 Å². The van der Waals surface area contributed by atoms with Crippen molar-refractivity contribution in [3.63, 3.8) is 0 Å². The zero-order valence-electron chi connectivity index (χ0n) is 4.63. The predicted octanol–water partition coefficient (Wildman–Crippen LogP) is 1.47. The number of rotatable bonds is 3. The Balaban J connectivity index is 3.49. The summed E-state index contributed by atoms with van der Waals surface area (Å²) in [5, 5.41) is 0. The lowest BCUT2D eigenvalue weighted by atomic mass is 10.6. The highest BCUT2D eigenvalue weighted by Gasteiger charge is 2.09. The molecular weight excluding hydrogens is 125 g/mol. The van der Waals surface area contributed by atoms with Crippen LogP contribution in [0, 0.1) is 0 Å². The van der Waals surface area contributed by atoms with Crippen LogP contribution in [0.25, 0.3) is 0 Å². The first-order valence-electron chi connectivity index (χ1n) is 2.33. The van der Waals surface area contributed by atoms with Gasteiger partial charge in [0.25, 0.3) is 6.08 Å². The van der Waals surface area contributed by atoms with E-state index in [1.807, 2.05) is 6.92 Å². The van der Waals surface area contributed by atoms with Crippen LogP contribution in [0.4, 0.5) is 0 Å². The summed E-state index contributed by atoms with van der Waals surface area (Å²) >= 11 is 0. The van der Waals surface area contributed by atoms with Gasteiger partial charge in [0.05, 0.1) is 4.76 Å². The van der Waals surface area contributed by atoms with Crippen LogP contribution in [0.1, 0.15) is 13.3 Å². The van der Waals surface area contributed by atoms with E-state index in [2.05, 4.69) is 4.76 Å². The van der Waals surface area contributed by atoms with Gasteiger partial charge in [0, 0.05) is 0 Å². The van der Waals surface area contributed by atoms with Crippen LogP contribution in [0.3, 0.4) is 0 Å². The average molecular weight is 132 g/mol. The molecule has 0 fully saturated rings. The minimum atomic E-state index is -1.63. The summed E-state index contributed by atoms with van der Waals surface area (Å²) in [6.07, 6.45) is 2.53. The number of carbonyl (C=O) groups excluding carboxylic acids is 1. The van der Waals surface area contributed by atoms with Gasteiger partial charge in [-0.15, -0.1) is 0 Å². The molecule has 1 atom stereocenters. The summed E-state index contributed by atoms with van der Waals surface area (Å²) in [6.45, 7) is 1.88. The molecule has 44 valence electrons. The summed E-state index contributed by atoms with van der Waals surface area (Å²) in [5.41, 5.74) is 0. The Labute approximate surface area is 48.7 Å². The first-order valence-corrected chi connectivity index (χ1v) is 3.73. The molecule has 0 saturated carbocycles. The van der Waals surface area contributed by atoms with Crippen molar-refractivity contribution < 1.29 is 9.36 Å². The van der Waals surface area contributed by atoms with Gasteiger partial charge < -0.3 is 0 Å². The second kappa shape index (κ2) is 4.63. The summed E-state index contributed by atoms with van der Waals surface area (Å²) < 4.78 is 13.4. The first kappa shape index (κ1) is 7.48. The second-order valence-corrected chi connectivity index (χ2v) is 2.62. The van der Waals surface area contributed by atoms with Gasteiger partial charge in [-0.2, -0.15) is 0 Å². The lowest BCUT2D eigenvalue weighted by Gasteiger charge is -1.66. The fraction of sp³-hybridized carbons (Fsp3) is 0.750. The lowest BCUT2D eigenvalue weighted by Crippen LogP contribution is -1.67. The smallest absolute Gasteiger partial charge is 0.207 e. The molecule has 0 aromatic heterocycles.